The summed E-state index contributed by atoms with van der Waals surface area (Å²) in [6.45, 7) is 8.93. The van der Waals surface area contributed by atoms with Crippen molar-refractivity contribution in [3.63, 3.8) is 0 Å². The van der Waals surface area contributed by atoms with Crippen LogP contribution in [0.25, 0.3) is 0 Å². The van der Waals surface area contributed by atoms with Gasteiger partial charge in [0.15, 0.2) is 5.60 Å². The quantitative estimate of drug-likeness (QED) is 0.465. The molecule has 12 heavy (non-hydrogen) atoms. The van der Waals surface area contributed by atoms with Crippen molar-refractivity contribution in [3.8, 4) is 11.8 Å². The number of esters is 1. The van der Waals surface area contributed by atoms with E-state index in [2.05, 4.69) is 11.8 Å². The molecule has 0 heterocycles. The third-order valence-corrected chi connectivity index (χ3v) is 1.83. The van der Waals surface area contributed by atoms with Crippen LogP contribution in [0.3, 0.4) is 0 Å². The number of ether oxygens (including phenoxy) is 1. The lowest BCUT2D eigenvalue weighted by Crippen LogP contribution is -2.34. The average molecular weight is 168 g/mol. The molecule has 0 aliphatic heterocycles. The Balaban J connectivity index is 4.58. The summed E-state index contributed by atoms with van der Waals surface area (Å²) in [6.07, 6.45) is 0. The molecule has 1 atom stereocenters. The second-order valence-corrected chi connectivity index (χ2v) is 3.23. The molecule has 0 aliphatic rings. The van der Waals surface area contributed by atoms with Crippen molar-refractivity contribution in [2.24, 2.45) is 5.92 Å². The highest BCUT2D eigenvalue weighted by Crippen LogP contribution is 2.20. The minimum atomic E-state index is -0.638. The molecule has 0 N–H and O–H groups in total. The molecular weight excluding hydrogens is 152 g/mol. The Labute approximate surface area is 74.3 Å². The molecule has 0 spiro atoms. The van der Waals surface area contributed by atoms with Crippen LogP contribution < -0.4 is 0 Å². The van der Waals surface area contributed by atoms with Gasteiger partial charge in [-0.1, -0.05) is 19.8 Å². The number of rotatable bonds is 2. The zero-order chi connectivity index (χ0) is 9.78. The summed E-state index contributed by atoms with van der Waals surface area (Å²) >= 11 is 0. The molecule has 0 aliphatic carbocycles. The van der Waals surface area contributed by atoms with Gasteiger partial charge in [0.25, 0.3) is 0 Å². The Bertz CT molecular complexity index is 220. The van der Waals surface area contributed by atoms with Gasteiger partial charge in [-0.05, 0) is 13.8 Å². The minimum Gasteiger partial charge on any atom is -0.446 e. The molecule has 0 amide bonds. The summed E-state index contributed by atoms with van der Waals surface area (Å²) in [5.74, 6) is 5.58. The molecule has 0 rings (SSSR count). The first-order valence-corrected chi connectivity index (χ1v) is 4.06. The Morgan fingerprint density at radius 3 is 2.25 bits per heavy atom. The van der Waals surface area contributed by atoms with Gasteiger partial charge in [-0.3, -0.25) is 4.79 Å². The summed E-state index contributed by atoms with van der Waals surface area (Å²) < 4.78 is 5.13. The van der Waals surface area contributed by atoms with Gasteiger partial charge in [-0.15, -0.1) is 5.92 Å². The van der Waals surface area contributed by atoms with Gasteiger partial charge in [0.05, 0.1) is 0 Å². The lowest BCUT2D eigenvalue weighted by Gasteiger charge is -2.27. The van der Waals surface area contributed by atoms with Gasteiger partial charge in [0.2, 0.25) is 0 Å². The Morgan fingerprint density at radius 1 is 1.50 bits per heavy atom. The molecule has 0 aromatic heterocycles. The van der Waals surface area contributed by atoms with Crippen LogP contribution in [0.5, 0.6) is 0 Å². The van der Waals surface area contributed by atoms with Gasteiger partial charge in [0, 0.05) is 12.8 Å². The lowest BCUT2D eigenvalue weighted by molar-refractivity contribution is -0.153. The highest BCUT2D eigenvalue weighted by atomic mass is 16.6. The Kier molecular flexibility index (Phi) is 3.82. The van der Waals surface area contributed by atoms with Gasteiger partial charge in [-0.2, -0.15) is 0 Å². The molecule has 68 valence electrons. The molecule has 0 bridgehead atoms. The van der Waals surface area contributed by atoms with Crippen LogP contribution in [0.1, 0.15) is 34.6 Å². The van der Waals surface area contributed by atoms with E-state index in [-0.39, 0.29) is 11.9 Å². The van der Waals surface area contributed by atoms with Crippen LogP contribution in [0.15, 0.2) is 0 Å². The number of hydrogen-bond acceptors (Lipinski definition) is 2. The van der Waals surface area contributed by atoms with Crippen molar-refractivity contribution in [2.75, 3.05) is 0 Å². The van der Waals surface area contributed by atoms with Crippen molar-refractivity contribution in [1.29, 1.82) is 0 Å². The van der Waals surface area contributed by atoms with E-state index in [0.717, 1.165) is 0 Å². The Hall–Kier alpha value is -0.970. The van der Waals surface area contributed by atoms with E-state index < -0.39 is 5.60 Å². The van der Waals surface area contributed by atoms with Crippen LogP contribution in [0.4, 0.5) is 0 Å². The van der Waals surface area contributed by atoms with Crippen molar-refractivity contribution in [3.05, 3.63) is 0 Å². The van der Waals surface area contributed by atoms with Crippen molar-refractivity contribution in [2.45, 2.75) is 40.2 Å². The fraction of sp³-hybridized carbons (Fsp3) is 0.700. The standard InChI is InChI=1S/C10H16O2/c1-6-7-10(5,8(2)3)12-9(4)11/h8H,1-5H3. The predicted molar refractivity (Wildman–Crippen MR) is 48.5 cm³/mol. The minimum absolute atomic E-state index is 0.203. The maximum atomic E-state index is 10.7. The second kappa shape index (κ2) is 4.15. The largest absolute Gasteiger partial charge is 0.446 e. The molecule has 0 aromatic rings. The van der Waals surface area contributed by atoms with E-state index in [9.17, 15) is 4.79 Å². The highest BCUT2D eigenvalue weighted by Gasteiger charge is 2.28. The molecule has 0 saturated carbocycles. The molecule has 0 saturated heterocycles. The second-order valence-electron chi connectivity index (χ2n) is 3.23. The van der Waals surface area contributed by atoms with Crippen molar-refractivity contribution >= 4 is 5.97 Å². The van der Waals surface area contributed by atoms with Crippen LogP contribution in [-0.4, -0.2) is 11.6 Å². The SMILES string of the molecule is CC#CC(C)(OC(C)=O)C(C)C. The summed E-state index contributed by atoms with van der Waals surface area (Å²) in [7, 11) is 0. The third-order valence-electron chi connectivity index (χ3n) is 1.83. The number of hydrogen-bond donors (Lipinski definition) is 0. The maximum Gasteiger partial charge on any atom is 0.304 e. The van der Waals surface area contributed by atoms with E-state index in [0.29, 0.717) is 0 Å². The molecule has 2 heteroatoms. The van der Waals surface area contributed by atoms with Crippen molar-refractivity contribution in [1.82, 2.24) is 0 Å². The summed E-state index contributed by atoms with van der Waals surface area (Å²) in [5, 5.41) is 0. The first-order chi connectivity index (χ1) is 5.42. The van der Waals surface area contributed by atoms with E-state index >= 15 is 0 Å². The normalized spacial score (nSPS) is 14.5. The summed E-state index contributed by atoms with van der Waals surface area (Å²) in [4.78, 5) is 10.7. The van der Waals surface area contributed by atoms with E-state index in [4.69, 9.17) is 4.74 Å². The molecule has 0 aromatic carbocycles. The van der Waals surface area contributed by atoms with Crippen LogP contribution in [0, 0.1) is 17.8 Å². The fourth-order valence-corrected chi connectivity index (χ4v) is 0.834. The number of carbonyl (C=O) groups excluding carboxylic acids is 1. The van der Waals surface area contributed by atoms with Gasteiger partial charge < -0.3 is 4.74 Å². The topological polar surface area (TPSA) is 26.3 Å². The van der Waals surface area contributed by atoms with Crippen LogP contribution in [-0.2, 0) is 9.53 Å². The molecule has 1 unspecified atom stereocenters. The average Bonchev–Trinajstić information content (AvgIpc) is 1.85. The van der Waals surface area contributed by atoms with E-state index in [1.807, 2.05) is 20.8 Å². The third kappa shape index (κ3) is 2.96. The first kappa shape index (κ1) is 11.0. The fourth-order valence-electron chi connectivity index (χ4n) is 0.834. The highest BCUT2D eigenvalue weighted by molar-refractivity contribution is 5.67. The molecule has 2 nitrogen and oxygen atoms in total. The zero-order valence-corrected chi connectivity index (χ0v) is 8.39. The monoisotopic (exact) mass is 168 g/mol. The van der Waals surface area contributed by atoms with Gasteiger partial charge >= 0.3 is 5.97 Å². The number of carbonyl (C=O) groups is 1. The van der Waals surface area contributed by atoms with Gasteiger partial charge in [0.1, 0.15) is 0 Å². The maximum absolute atomic E-state index is 10.7. The molecule has 0 fully saturated rings. The zero-order valence-electron chi connectivity index (χ0n) is 8.39. The lowest BCUT2D eigenvalue weighted by atomic mass is 9.93. The summed E-state index contributed by atoms with van der Waals surface area (Å²) in [6, 6.07) is 0. The first-order valence-electron chi connectivity index (χ1n) is 4.06. The van der Waals surface area contributed by atoms with Gasteiger partial charge in [-0.25, -0.2) is 0 Å². The van der Waals surface area contributed by atoms with Crippen LogP contribution >= 0.6 is 0 Å². The molecular formula is C10H16O2. The van der Waals surface area contributed by atoms with Crippen molar-refractivity contribution < 1.29 is 9.53 Å². The smallest absolute Gasteiger partial charge is 0.304 e. The van der Waals surface area contributed by atoms with E-state index in [1.165, 1.54) is 6.92 Å². The Morgan fingerprint density at radius 2 is 2.00 bits per heavy atom. The van der Waals surface area contributed by atoms with E-state index in [1.54, 1.807) is 6.92 Å². The molecule has 0 radical (unpaired) electrons. The summed E-state index contributed by atoms with van der Waals surface area (Å²) in [5.41, 5.74) is -0.638. The van der Waals surface area contributed by atoms with Crippen LogP contribution in [0.2, 0.25) is 0 Å². The predicted octanol–water partition coefficient (Wildman–Crippen LogP) is 1.99.